The van der Waals surface area contributed by atoms with Crippen LogP contribution in [-0.2, 0) is 6.18 Å². The van der Waals surface area contributed by atoms with Crippen LogP contribution >= 0.6 is 22.9 Å². The summed E-state index contributed by atoms with van der Waals surface area (Å²) >= 11 is 6.77. The van der Waals surface area contributed by atoms with E-state index in [1.54, 1.807) is 5.01 Å². The molecule has 5 nitrogen and oxygen atoms in total. The van der Waals surface area contributed by atoms with Crippen molar-refractivity contribution in [3.8, 4) is 5.82 Å². The molecule has 2 aromatic heterocycles. The van der Waals surface area contributed by atoms with Crippen molar-refractivity contribution >= 4 is 38.8 Å². The molecule has 0 unspecified atom stereocenters. The maximum absolute atomic E-state index is 14.6. The van der Waals surface area contributed by atoms with Crippen LogP contribution in [0.15, 0.2) is 29.2 Å². The zero-order valence-corrected chi connectivity index (χ0v) is 15.8. The highest BCUT2D eigenvalue weighted by Gasteiger charge is 2.32. The summed E-state index contributed by atoms with van der Waals surface area (Å²) in [6.45, 7) is 1.29. The number of hydrogen-bond donors (Lipinski definition) is 1. The van der Waals surface area contributed by atoms with Gasteiger partial charge in [-0.2, -0.15) is 13.2 Å². The van der Waals surface area contributed by atoms with Gasteiger partial charge in [-0.25, -0.2) is 19.4 Å². The predicted octanol–water partition coefficient (Wildman–Crippen LogP) is 4.36. The second kappa shape index (κ2) is 7.02. The van der Waals surface area contributed by atoms with Gasteiger partial charge in [-0.1, -0.05) is 22.9 Å². The fourth-order valence-electron chi connectivity index (χ4n) is 3.08. The van der Waals surface area contributed by atoms with Crippen LogP contribution in [0.4, 0.5) is 23.2 Å². The summed E-state index contributed by atoms with van der Waals surface area (Å²) in [4.78, 5) is 15.7. The van der Waals surface area contributed by atoms with Crippen LogP contribution in [0.5, 0.6) is 0 Å². The van der Waals surface area contributed by atoms with E-state index in [4.69, 9.17) is 11.6 Å². The number of nitrogens with one attached hydrogen (secondary N) is 1. The van der Waals surface area contributed by atoms with Crippen molar-refractivity contribution in [2.24, 2.45) is 0 Å². The number of nitrogens with zero attached hydrogens (tertiary/aromatic N) is 3. The highest BCUT2D eigenvalue weighted by molar-refractivity contribution is 7.16. The first-order valence-corrected chi connectivity index (χ1v) is 9.54. The van der Waals surface area contributed by atoms with Gasteiger partial charge in [0.05, 0.1) is 26.5 Å². The lowest BCUT2D eigenvalue weighted by atomic mass is 10.2. The highest BCUT2D eigenvalue weighted by Crippen LogP contribution is 2.34. The number of thiazole rings is 1. The number of aromatic nitrogens is 2. The first kappa shape index (κ1) is 19.2. The van der Waals surface area contributed by atoms with Crippen molar-refractivity contribution < 1.29 is 17.6 Å². The summed E-state index contributed by atoms with van der Waals surface area (Å²) < 4.78 is 54.6. The Kier molecular flexibility index (Phi) is 4.80. The predicted molar refractivity (Wildman–Crippen MR) is 99.8 cm³/mol. The Morgan fingerprint density at radius 2 is 2.00 bits per heavy atom. The molecule has 0 radical (unpaired) electrons. The molecule has 3 heterocycles. The molecule has 1 aliphatic rings. The Labute approximate surface area is 165 Å². The van der Waals surface area contributed by atoms with Gasteiger partial charge >= 0.3 is 11.0 Å². The Bertz CT molecular complexity index is 1100. The Morgan fingerprint density at radius 3 is 2.64 bits per heavy atom. The lowest BCUT2D eigenvalue weighted by Crippen LogP contribution is -2.43. The number of rotatable bonds is 2. The molecule has 0 spiro atoms. The lowest BCUT2D eigenvalue weighted by molar-refractivity contribution is -0.137. The third kappa shape index (κ3) is 3.36. The molecule has 11 heteroatoms. The van der Waals surface area contributed by atoms with E-state index in [-0.39, 0.29) is 16.5 Å². The maximum atomic E-state index is 14.6. The second-order valence-corrected chi connectivity index (χ2v) is 7.67. The zero-order valence-electron chi connectivity index (χ0n) is 14.2. The molecule has 1 N–H and O–H groups in total. The van der Waals surface area contributed by atoms with Gasteiger partial charge < -0.3 is 5.01 Å². The average Bonchev–Trinajstić information content (AvgIpc) is 2.95. The lowest BCUT2D eigenvalue weighted by Gasteiger charge is -2.30. The number of alkyl halides is 3. The molecule has 3 aromatic rings. The molecule has 148 valence electrons. The molecule has 0 atom stereocenters. The van der Waals surface area contributed by atoms with E-state index in [0.717, 1.165) is 34.8 Å². The van der Waals surface area contributed by atoms with Gasteiger partial charge in [-0.3, -0.25) is 4.79 Å². The summed E-state index contributed by atoms with van der Waals surface area (Å²) in [6, 6.07) is 3.44. The number of hydrazine groups is 1. The standard InChI is InChI=1S/C17H13ClF4N4OS/c18-10-5-9(17(20,21)22)8-23-15(10)26-13-7-12(25-4-2-1-3-24-25)11(19)6-14(13)28-16(26)27/h5-8,24H,1-4H2. The minimum atomic E-state index is -4.60. The van der Waals surface area contributed by atoms with E-state index in [1.807, 2.05) is 0 Å². The average molecular weight is 433 g/mol. The summed E-state index contributed by atoms with van der Waals surface area (Å²) in [5.74, 6) is -0.628. The summed E-state index contributed by atoms with van der Waals surface area (Å²) in [7, 11) is 0. The van der Waals surface area contributed by atoms with Gasteiger partial charge in [0.25, 0.3) is 0 Å². The van der Waals surface area contributed by atoms with Crippen molar-refractivity contribution in [1.82, 2.24) is 15.0 Å². The quantitative estimate of drug-likeness (QED) is 0.611. The minimum Gasteiger partial charge on any atom is -0.305 e. The van der Waals surface area contributed by atoms with Crippen LogP contribution in [-0.4, -0.2) is 22.6 Å². The number of hydrogen-bond acceptors (Lipinski definition) is 5. The molecule has 1 aromatic carbocycles. The molecule has 28 heavy (non-hydrogen) atoms. The molecule has 0 amide bonds. The topological polar surface area (TPSA) is 50.2 Å². The molecule has 1 fully saturated rings. The van der Waals surface area contributed by atoms with Crippen LogP contribution in [0, 0.1) is 5.82 Å². The van der Waals surface area contributed by atoms with Crippen LogP contribution in [0.1, 0.15) is 18.4 Å². The van der Waals surface area contributed by atoms with Crippen molar-refractivity contribution in [3.05, 3.63) is 50.5 Å². The molecule has 4 rings (SSSR count). The van der Waals surface area contributed by atoms with Gasteiger partial charge in [-0.05, 0) is 31.0 Å². The van der Waals surface area contributed by atoms with Crippen LogP contribution in [0.2, 0.25) is 5.02 Å². The molecular formula is C17H13ClF4N4OS. The molecule has 0 bridgehead atoms. The Hall–Kier alpha value is -2.17. The molecule has 1 saturated heterocycles. The summed E-state index contributed by atoms with van der Waals surface area (Å²) in [5, 5.41) is 1.34. The van der Waals surface area contributed by atoms with Gasteiger partial charge in [0, 0.05) is 19.3 Å². The van der Waals surface area contributed by atoms with E-state index < -0.39 is 22.4 Å². The zero-order chi connectivity index (χ0) is 20.1. The maximum Gasteiger partial charge on any atom is 0.417 e. The smallest absolute Gasteiger partial charge is 0.305 e. The molecule has 0 saturated carbocycles. The first-order chi connectivity index (χ1) is 13.3. The van der Waals surface area contributed by atoms with Crippen LogP contribution in [0.25, 0.3) is 16.0 Å². The van der Waals surface area contributed by atoms with Crippen molar-refractivity contribution in [3.63, 3.8) is 0 Å². The van der Waals surface area contributed by atoms with E-state index in [1.165, 1.54) is 12.1 Å². The second-order valence-electron chi connectivity index (χ2n) is 6.27. The van der Waals surface area contributed by atoms with Crippen LogP contribution in [0.3, 0.4) is 0 Å². The Balaban J connectivity index is 1.88. The SMILES string of the molecule is O=c1sc2cc(F)c(N3CCCCN3)cc2n1-c1ncc(C(F)(F)F)cc1Cl. The number of anilines is 1. The summed E-state index contributed by atoms with van der Waals surface area (Å²) in [5.41, 5.74) is 2.65. The number of pyridine rings is 1. The van der Waals surface area contributed by atoms with Crippen molar-refractivity contribution in [1.29, 1.82) is 0 Å². The van der Waals surface area contributed by atoms with E-state index in [2.05, 4.69) is 10.4 Å². The number of fused-ring (bicyclic) bond motifs is 1. The van der Waals surface area contributed by atoms with Gasteiger partial charge in [0.15, 0.2) is 5.82 Å². The van der Waals surface area contributed by atoms with Crippen molar-refractivity contribution in [2.75, 3.05) is 18.1 Å². The molecule has 1 aliphatic heterocycles. The fourth-order valence-corrected chi connectivity index (χ4v) is 4.21. The molecule has 0 aliphatic carbocycles. The number of halogens is 5. The van der Waals surface area contributed by atoms with Crippen molar-refractivity contribution in [2.45, 2.75) is 19.0 Å². The van der Waals surface area contributed by atoms with E-state index in [9.17, 15) is 22.4 Å². The van der Waals surface area contributed by atoms with E-state index in [0.29, 0.717) is 29.5 Å². The largest absolute Gasteiger partial charge is 0.417 e. The fraction of sp³-hybridized carbons (Fsp3) is 0.294. The molecular weight excluding hydrogens is 420 g/mol. The number of benzene rings is 1. The normalized spacial score (nSPS) is 15.4. The highest BCUT2D eigenvalue weighted by atomic mass is 35.5. The van der Waals surface area contributed by atoms with Crippen LogP contribution < -0.4 is 15.3 Å². The summed E-state index contributed by atoms with van der Waals surface area (Å²) in [6.07, 6.45) is -2.14. The van der Waals surface area contributed by atoms with Gasteiger partial charge in [0.1, 0.15) is 5.82 Å². The van der Waals surface area contributed by atoms with E-state index >= 15 is 0 Å². The van der Waals surface area contributed by atoms with Gasteiger partial charge in [0.2, 0.25) is 0 Å². The first-order valence-electron chi connectivity index (χ1n) is 8.35. The monoisotopic (exact) mass is 432 g/mol. The minimum absolute atomic E-state index is 0.130. The van der Waals surface area contributed by atoms with Gasteiger partial charge in [-0.15, -0.1) is 0 Å². The Morgan fingerprint density at radius 1 is 1.21 bits per heavy atom. The third-order valence-corrected chi connectivity index (χ3v) is 5.59. The third-order valence-electron chi connectivity index (χ3n) is 4.41.